The lowest BCUT2D eigenvalue weighted by Gasteiger charge is -2.14. The first-order chi connectivity index (χ1) is 16.3. The molecule has 3 aromatic rings. The Morgan fingerprint density at radius 3 is 2.41 bits per heavy atom. The summed E-state index contributed by atoms with van der Waals surface area (Å²) < 4.78 is 33.4. The second-order valence-corrected chi connectivity index (χ2v) is 9.63. The van der Waals surface area contributed by atoms with Crippen molar-refractivity contribution in [3.05, 3.63) is 90.0 Å². The van der Waals surface area contributed by atoms with Gasteiger partial charge in [-0.3, -0.25) is 9.52 Å². The van der Waals surface area contributed by atoms with Crippen LogP contribution in [-0.2, 0) is 27.7 Å². The maximum Gasteiger partial charge on any atom is 0.303 e. The molecule has 180 valence electrons. The van der Waals surface area contributed by atoms with Crippen LogP contribution in [0.1, 0.15) is 30.4 Å². The molecule has 3 rings (SSSR count). The zero-order chi connectivity index (χ0) is 24.4. The molecule has 0 saturated heterocycles. The van der Waals surface area contributed by atoms with E-state index in [0.29, 0.717) is 43.7 Å². The molecule has 0 saturated carbocycles. The maximum absolute atomic E-state index is 12.5. The van der Waals surface area contributed by atoms with Crippen LogP contribution < -0.4 is 9.46 Å². The largest absolute Gasteiger partial charge is 0.493 e. The van der Waals surface area contributed by atoms with Crippen molar-refractivity contribution in [3.8, 4) is 5.75 Å². The summed E-state index contributed by atoms with van der Waals surface area (Å²) in [4.78, 5) is 11.0. The maximum atomic E-state index is 12.5. The zero-order valence-corrected chi connectivity index (χ0v) is 19.6. The van der Waals surface area contributed by atoms with Gasteiger partial charge in [-0.1, -0.05) is 48.5 Å². The van der Waals surface area contributed by atoms with Gasteiger partial charge in [0.15, 0.2) is 0 Å². The van der Waals surface area contributed by atoms with Gasteiger partial charge >= 0.3 is 5.97 Å². The van der Waals surface area contributed by atoms with Crippen molar-refractivity contribution >= 4 is 21.7 Å². The number of ether oxygens (including phenoxy) is 1. The number of para-hydroxylation sites is 1. The van der Waals surface area contributed by atoms with Crippen LogP contribution in [0.2, 0.25) is 0 Å². The molecule has 0 radical (unpaired) electrons. The molecular formula is C26H29NO6S. The number of carboxylic acids is 1. The number of aryl methyl sites for hydroxylation is 2. The average Bonchev–Trinajstić information content (AvgIpc) is 2.82. The molecule has 0 bridgehead atoms. The normalized spacial score (nSPS) is 12.1. The van der Waals surface area contributed by atoms with Crippen LogP contribution in [0.25, 0.3) is 0 Å². The molecule has 0 amide bonds. The fourth-order valence-corrected chi connectivity index (χ4v) is 4.55. The molecule has 0 aromatic heterocycles. The number of anilines is 1. The lowest BCUT2D eigenvalue weighted by Crippen LogP contribution is -2.14. The molecule has 0 fully saturated rings. The standard InChI is InChI=1S/C26H29NO6S/c28-23(17-18-33-25-12-5-4-8-21(25)14-16-26(29)30)15-13-20-7-6-9-22(19-20)27-34(31,32)24-10-2-1-3-11-24/h1-12,19,23,27-28H,13-18H2,(H,29,30). The van der Waals surface area contributed by atoms with E-state index >= 15 is 0 Å². The number of nitrogens with one attached hydrogen (secondary N) is 1. The second-order valence-electron chi connectivity index (χ2n) is 7.95. The van der Waals surface area contributed by atoms with Gasteiger partial charge in [0.25, 0.3) is 10.0 Å². The summed E-state index contributed by atoms with van der Waals surface area (Å²) in [6, 6.07) is 22.6. The van der Waals surface area contributed by atoms with Crippen molar-refractivity contribution in [2.24, 2.45) is 0 Å². The summed E-state index contributed by atoms with van der Waals surface area (Å²) in [5.74, 6) is -0.225. The van der Waals surface area contributed by atoms with E-state index in [2.05, 4.69) is 4.72 Å². The number of rotatable bonds is 13. The van der Waals surface area contributed by atoms with Gasteiger partial charge in [0.2, 0.25) is 0 Å². The Balaban J connectivity index is 1.48. The Bertz CT molecular complexity index is 1180. The van der Waals surface area contributed by atoms with Crippen molar-refractivity contribution in [2.75, 3.05) is 11.3 Å². The minimum absolute atomic E-state index is 0.0313. The summed E-state index contributed by atoms with van der Waals surface area (Å²) in [6.45, 7) is 0.308. The van der Waals surface area contributed by atoms with Crippen LogP contribution in [-0.4, -0.2) is 37.3 Å². The number of aliphatic carboxylic acids is 1. The van der Waals surface area contributed by atoms with E-state index in [1.54, 1.807) is 42.5 Å². The smallest absolute Gasteiger partial charge is 0.303 e. The Hall–Kier alpha value is -3.36. The third-order valence-corrected chi connectivity index (χ3v) is 6.69. The number of carboxylic acid groups (broad SMARTS) is 1. The molecule has 3 aromatic carbocycles. The van der Waals surface area contributed by atoms with E-state index in [-0.39, 0.29) is 11.3 Å². The van der Waals surface area contributed by atoms with E-state index in [9.17, 15) is 18.3 Å². The molecule has 0 aliphatic heterocycles. The van der Waals surface area contributed by atoms with E-state index in [1.807, 2.05) is 24.3 Å². The van der Waals surface area contributed by atoms with Crippen molar-refractivity contribution in [1.29, 1.82) is 0 Å². The van der Waals surface area contributed by atoms with Crippen LogP contribution >= 0.6 is 0 Å². The highest BCUT2D eigenvalue weighted by Crippen LogP contribution is 2.21. The fraction of sp³-hybridized carbons (Fsp3) is 0.269. The van der Waals surface area contributed by atoms with Crippen LogP contribution in [0.4, 0.5) is 5.69 Å². The van der Waals surface area contributed by atoms with E-state index in [1.165, 1.54) is 12.1 Å². The molecule has 0 heterocycles. The minimum Gasteiger partial charge on any atom is -0.493 e. The van der Waals surface area contributed by atoms with Crippen molar-refractivity contribution in [1.82, 2.24) is 0 Å². The third kappa shape index (κ3) is 7.90. The first-order valence-corrected chi connectivity index (χ1v) is 12.6. The lowest BCUT2D eigenvalue weighted by atomic mass is 10.0. The molecule has 0 aliphatic carbocycles. The minimum atomic E-state index is -3.66. The predicted octanol–water partition coefficient (Wildman–Crippen LogP) is 4.27. The summed E-state index contributed by atoms with van der Waals surface area (Å²) in [5, 5.41) is 19.3. The highest BCUT2D eigenvalue weighted by Gasteiger charge is 2.14. The van der Waals surface area contributed by atoms with Crippen LogP contribution in [0.3, 0.4) is 0 Å². The molecular weight excluding hydrogens is 454 g/mol. The summed E-state index contributed by atoms with van der Waals surface area (Å²) in [7, 11) is -3.66. The van der Waals surface area contributed by atoms with E-state index < -0.39 is 22.1 Å². The number of aliphatic hydroxyl groups excluding tert-OH is 1. The summed E-state index contributed by atoms with van der Waals surface area (Å²) >= 11 is 0. The van der Waals surface area contributed by atoms with E-state index in [0.717, 1.165) is 11.1 Å². The molecule has 1 unspecified atom stereocenters. The monoisotopic (exact) mass is 483 g/mol. The SMILES string of the molecule is O=C(O)CCc1ccccc1OCCC(O)CCc1cccc(NS(=O)(=O)c2ccccc2)c1. The Morgan fingerprint density at radius 1 is 0.912 bits per heavy atom. The van der Waals surface area contributed by atoms with Gasteiger partial charge in [0.1, 0.15) is 5.75 Å². The molecule has 0 spiro atoms. The Morgan fingerprint density at radius 2 is 1.65 bits per heavy atom. The predicted molar refractivity (Wildman–Crippen MR) is 131 cm³/mol. The Kier molecular flexibility index (Phi) is 9.07. The quantitative estimate of drug-likeness (QED) is 0.335. The van der Waals surface area contributed by atoms with Gasteiger partial charge in [0.05, 0.1) is 17.6 Å². The number of hydrogen-bond acceptors (Lipinski definition) is 5. The van der Waals surface area contributed by atoms with Gasteiger partial charge in [0, 0.05) is 18.5 Å². The molecule has 1 atom stereocenters. The van der Waals surface area contributed by atoms with E-state index in [4.69, 9.17) is 9.84 Å². The highest BCUT2D eigenvalue weighted by molar-refractivity contribution is 7.92. The van der Waals surface area contributed by atoms with Gasteiger partial charge < -0.3 is 14.9 Å². The second kappa shape index (κ2) is 12.2. The van der Waals surface area contributed by atoms with Crippen LogP contribution in [0.15, 0.2) is 83.8 Å². The lowest BCUT2D eigenvalue weighted by molar-refractivity contribution is -0.136. The topological polar surface area (TPSA) is 113 Å². The summed E-state index contributed by atoms with van der Waals surface area (Å²) in [5.41, 5.74) is 2.21. The Labute approximate surface area is 200 Å². The van der Waals surface area contributed by atoms with Gasteiger partial charge in [-0.05, 0) is 60.7 Å². The number of hydrogen-bond donors (Lipinski definition) is 3. The van der Waals surface area contributed by atoms with Gasteiger partial charge in [-0.25, -0.2) is 8.42 Å². The average molecular weight is 484 g/mol. The highest BCUT2D eigenvalue weighted by atomic mass is 32.2. The molecule has 8 heteroatoms. The molecule has 7 nitrogen and oxygen atoms in total. The molecule has 0 aliphatic rings. The number of sulfonamides is 1. The molecule has 34 heavy (non-hydrogen) atoms. The van der Waals surface area contributed by atoms with Crippen molar-refractivity contribution in [2.45, 2.75) is 43.1 Å². The van der Waals surface area contributed by atoms with Crippen LogP contribution in [0, 0.1) is 0 Å². The fourth-order valence-electron chi connectivity index (χ4n) is 3.48. The molecule has 3 N–H and O–H groups in total. The van der Waals surface area contributed by atoms with Crippen molar-refractivity contribution < 1.29 is 28.2 Å². The summed E-state index contributed by atoms with van der Waals surface area (Å²) in [6.07, 6.45) is 1.34. The number of carbonyl (C=O) groups is 1. The number of aliphatic hydroxyl groups is 1. The van der Waals surface area contributed by atoms with Gasteiger partial charge in [-0.15, -0.1) is 0 Å². The van der Waals surface area contributed by atoms with Gasteiger partial charge in [-0.2, -0.15) is 0 Å². The first kappa shape index (κ1) is 25.3. The zero-order valence-electron chi connectivity index (χ0n) is 18.8. The first-order valence-electron chi connectivity index (χ1n) is 11.1. The van der Waals surface area contributed by atoms with Crippen LogP contribution in [0.5, 0.6) is 5.75 Å². The number of benzene rings is 3. The third-order valence-electron chi connectivity index (χ3n) is 5.29. The van der Waals surface area contributed by atoms with Crippen molar-refractivity contribution in [3.63, 3.8) is 0 Å².